The van der Waals surface area contributed by atoms with Crippen LogP contribution in [0.2, 0.25) is 58.9 Å². The normalized spacial score (nSPS) is 11.2. The maximum atomic E-state index is 8.66. The standard InChI is InChI=1S/3C3H10OSi.Ti/c3*1-5(2,3)4;/h3*4H,1-3H3;. The summed E-state index contributed by atoms with van der Waals surface area (Å²) in [6.07, 6.45) is 0. The van der Waals surface area contributed by atoms with Crippen LogP contribution in [0.4, 0.5) is 0 Å². The minimum absolute atomic E-state index is 0. The van der Waals surface area contributed by atoms with Crippen molar-refractivity contribution >= 4 is 25.0 Å². The van der Waals surface area contributed by atoms with E-state index in [0.717, 1.165) is 0 Å². The van der Waals surface area contributed by atoms with E-state index in [0.29, 0.717) is 0 Å². The molecular weight excluding hydrogens is 288 g/mol. The summed E-state index contributed by atoms with van der Waals surface area (Å²) in [7, 11) is -4.83. The van der Waals surface area contributed by atoms with Crippen LogP contribution in [-0.2, 0) is 21.7 Å². The van der Waals surface area contributed by atoms with E-state index in [-0.39, 0.29) is 21.7 Å². The van der Waals surface area contributed by atoms with Gasteiger partial charge in [-0.25, -0.2) is 0 Å². The molecule has 16 heavy (non-hydrogen) atoms. The van der Waals surface area contributed by atoms with Gasteiger partial charge in [0.2, 0.25) is 0 Å². The summed E-state index contributed by atoms with van der Waals surface area (Å²) in [6, 6.07) is 0. The fourth-order valence-corrected chi connectivity index (χ4v) is 0. The molecule has 0 atom stereocenters. The molecule has 0 aromatic carbocycles. The molecule has 0 unspecified atom stereocenters. The average Bonchev–Trinajstić information content (AvgIpc) is 1.41. The van der Waals surface area contributed by atoms with Crippen molar-refractivity contribution in [2.45, 2.75) is 58.9 Å². The average molecular weight is 318 g/mol. The van der Waals surface area contributed by atoms with Gasteiger partial charge in [-0.3, -0.25) is 0 Å². The summed E-state index contributed by atoms with van der Waals surface area (Å²) in [6.45, 7) is 16.9. The number of hydrogen-bond donors (Lipinski definition) is 3. The van der Waals surface area contributed by atoms with Crippen molar-refractivity contribution in [2.24, 2.45) is 0 Å². The van der Waals surface area contributed by atoms with E-state index in [1.807, 2.05) is 58.9 Å². The predicted octanol–water partition coefficient (Wildman–Crippen LogP) is 2.44. The molecule has 0 fully saturated rings. The summed E-state index contributed by atoms with van der Waals surface area (Å²) in [4.78, 5) is 26.0. The van der Waals surface area contributed by atoms with E-state index in [1.54, 1.807) is 0 Å². The van der Waals surface area contributed by atoms with Crippen molar-refractivity contribution in [3.05, 3.63) is 0 Å². The van der Waals surface area contributed by atoms with Crippen molar-refractivity contribution in [3.8, 4) is 0 Å². The molecule has 7 heteroatoms. The van der Waals surface area contributed by atoms with Gasteiger partial charge in [0.1, 0.15) is 0 Å². The Morgan fingerprint density at radius 3 is 0.438 bits per heavy atom. The first kappa shape index (κ1) is 25.9. The van der Waals surface area contributed by atoms with Crippen molar-refractivity contribution in [2.75, 3.05) is 0 Å². The molecule has 0 spiro atoms. The molecule has 0 aromatic rings. The third kappa shape index (κ3) is 2000. The monoisotopic (exact) mass is 318 g/mol. The van der Waals surface area contributed by atoms with Gasteiger partial charge in [-0.15, -0.1) is 0 Å². The maximum absolute atomic E-state index is 8.66. The Morgan fingerprint density at radius 2 is 0.438 bits per heavy atom. The molecule has 0 rings (SSSR count). The van der Waals surface area contributed by atoms with E-state index < -0.39 is 25.0 Å². The van der Waals surface area contributed by atoms with E-state index in [2.05, 4.69) is 0 Å². The van der Waals surface area contributed by atoms with Crippen molar-refractivity contribution in [1.29, 1.82) is 0 Å². The van der Waals surface area contributed by atoms with Crippen LogP contribution in [0.15, 0.2) is 0 Å². The third-order valence-electron chi connectivity index (χ3n) is 0. The van der Waals surface area contributed by atoms with Crippen LogP contribution in [0.1, 0.15) is 0 Å². The Balaban J connectivity index is -0.0000000655. The quantitative estimate of drug-likeness (QED) is 0.601. The van der Waals surface area contributed by atoms with Crippen LogP contribution < -0.4 is 0 Å². The Bertz CT molecular complexity index is 101. The van der Waals surface area contributed by atoms with Crippen LogP contribution in [-0.4, -0.2) is 39.3 Å². The third-order valence-corrected chi connectivity index (χ3v) is 0. The Kier molecular flexibility index (Phi) is 16.5. The molecule has 0 saturated heterocycles. The molecule has 0 radical (unpaired) electrons. The summed E-state index contributed by atoms with van der Waals surface area (Å²) >= 11 is 0. The molecule has 0 amide bonds. The van der Waals surface area contributed by atoms with E-state index in [1.165, 1.54) is 0 Å². The van der Waals surface area contributed by atoms with Crippen LogP contribution in [0.3, 0.4) is 0 Å². The molecule has 0 aromatic heterocycles. The smallest absolute Gasteiger partial charge is 0.179 e. The van der Waals surface area contributed by atoms with E-state index in [4.69, 9.17) is 14.4 Å². The molecule has 3 N–H and O–H groups in total. The molecule has 0 bridgehead atoms. The topological polar surface area (TPSA) is 60.7 Å². The Morgan fingerprint density at radius 1 is 0.438 bits per heavy atom. The van der Waals surface area contributed by atoms with Gasteiger partial charge in [0.05, 0.1) is 0 Å². The molecule has 0 heterocycles. The summed E-state index contributed by atoms with van der Waals surface area (Å²) in [5.41, 5.74) is 0. The largest absolute Gasteiger partial charge is 0.433 e. The predicted molar refractivity (Wildman–Crippen MR) is 76.7 cm³/mol. The second-order valence-corrected chi connectivity index (χ2v) is 19.5. The SMILES string of the molecule is C[Si](C)(C)O.C[Si](C)(C)O.C[Si](C)(C)O.[Ti]. The summed E-state index contributed by atoms with van der Waals surface area (Å²) in [5.74, 6) is 0. The number of hydrogen-bond acceptors (Lipinski definition) is 3. The molecule has 0 aliphatic rings. The van der Waals surface area contributed by atoms with Crippen LogP contribution in [0.5, 0.6) is 0 Å². The molecular formula is C9H30O3Si3Ti. The van der Waals surface area contributed by atoms with Gasteiger partial charge in [-0.1, -0.05) is 0 Å². The minimum Gasteiger partial charge on any atom is -0.433 e. The van der Waals surface area contributed by atoms with Crippen molar-refractivity contribution < 1.29 is 36.1 Å². The molecule has 0 aliphatic heterocycles. The zero-order valence-corrected chi connectivity index (χ0v) is 16.9. The number of rotatable bonds is 0. The van der Waals surface area contributed by atoms with Crippen molar-refractivity contribution in [1.82, 2.24) is 0 Å². The van der Waals surface area contributed by atoms with E-state index >= 15 is 0 Å². The maximum Gasteiger partial charge on any atom is 0.179 e. The second-order valence-electron chi connectivity index (χ2n) is 6.51. The molecule has 3 nitrogen and oxygen atoms in total. The first-order chi connectivity index (χ1) is 6.00. The minimum atomic E-state index is -1.61. The van der Waals surface area contributed by atoms with E-state index in [9.17, 15) is 0 Å². The second kappa shape index (κ2) is 10.2. The van der Waals surface area contributed by atoms with Gasteiger partial charge >= 0.3 is 0 Å². The molecule has 0 saturated carbocycles. The fourth-order valence-electron chi connectivity index (χ4n) is 0. The zero-order valence-electron chi connectivity index (χ0n) is 12.3. The van der Waals surface area contributed by atoms with Gasteiger partial charge in [0.25, 0.3) is 0 Å². The van der Waals surface area contributed by atoms with Crippen molar-refractivity contribution in [3.63, 3.8) is 0 Å². The summed E-state index contributed by atoms with van der Waals surface area (Å²) < 4.78 is 0. The van der Waals surface area contributed by atoms with Gasteiger partial charge in [-0.05, 0) is 58.9 Å². The van der Waals surface area contributed by atoms with Crippen LogP contribution in [0.25, 0.3) is 0 Å². The Labute approximate surface area is 120 Å². The van der Waals surface area contributed by atoms with Gasteiger partial charge < -0.3 is 14.4 Å². The van der Waals surface area contributed by atoms with Crippen LogP contribution >= 0.6 is 0 Å². The van der Waals surface area contributed by atoms with Gasteiger partial charge in [0, 0.05) is 21.7 Å². The fraction of sp³-hybridized carbons (Fsp3) is 1.00. The van der Waals surface area contributed by atoms with Gasteiger partial charge in [0.15, 0.2) is 25.0 Å². The van der Waals surface area contributed by atoms with Crippen LogP contribution in [0, 0.1) is 0 Å². The molecule has 0 aliphatic carbocycles. The zero-order chi connectivity index (χ0) is 13.5. The first-order valence-corrected chi connectivity index (χ1v) is 15.5. The van der Waals surface area contributed by atoms with Gasteiger partial charge in [-0.2, -0.15) is 0 Å². The Hall–Kier alpha value is 1.24. The molecule has 100 valence electrons. The summed E-state index contributed by atoms with van der Waals surface area (Å²) in [5, 5.41) is 0. The first-order valence-electron chi connectivity index (χ1n) is 5.17.